The van der Waals surface area contributed by atoms with Crippen LogP contribution in [-0.4, -0.2) is 33.4 Å². The standard InChI is InChI=1S/C18H22N4O2/c1-14(2)22-11-7-15-16(22)5-3-6-17(15)24-13-18(23)19-9-12-21-10-4-8-20-21/h3-8,10-11,14H,9,12-13H2,1-2H3,(H,19,23). The largest absolute Gasteiger partial charge is 0.483 e. The molecule has 6 nitrogen and oxygen atoms in total. The fourth-order valence-corrected chi connectivity index (χ4v) is 2.67. The van der Waals surface area contributed by atoms with Crippen molar-refractivity contribution in [3.63, 3.8) is 0 Å². The lowest BCUT2D eigenvalue weighted by molar-refractivity contribution is -0.123. The van der Waals surface area contributed by atoms with Crippen molar-refractivity contribution in [2.45, 2.75) is 26.4 Å². The average Bonchev–Trinajstić information content (AvgIpc) is 3.22. The van der Waals surface area contributed by atoms with E-state index >= 15 is 0 Å². The lowest BCUT2D eigenvalue weighted by atomic mass is 10.2. The summed E-state index contributed by atoms with van der Waals surface area (Å²) in [5.41, 5.74) is 1.11. The Labute approximate surface area is 141 Å². The number of aromatic nitrogens is 3. The highest BCUT2D eigenvalue weighted by Gasteiger charge is 2.10. The number of nitrogens with zero attached hydrogens (tertiary/aromatic N) is 3. The van der Waals surface area contributed by atoms with E-state index in [2.05, 4.69) is 34.9 Å². The molecule has 3 rings (SSSR count). The molecule has 0 unspecified atom stereocenters. The maximum atomic E-state index is 11.9. The van der Waals surface area contributed by atoms with Crippen LogP contribution in [-0.2, 0) is 11.3 Å². The third-order valence-electron chi connectivity index (χ3n) is 3.86. The van der Waals surface area contributed by atoms with Gasteiger partial charge < -0.3 is 14.6 Å². The summed E-state index contributed by atoms with van der Waals surface area (Å²) in [4.78, 5) is 11.9. The number of fused-ring (bicyclic) bond motifs is 1. The molecule has 2 heterocycles. The Bertz CT molecular complexity index is 806. The molecule has 6 heteroatoms. The fraction of sp³-hybridized carbons (Fsp3) is 0.333. The van der Waals surface area contributed by atoms with Crippen LogP contribution in [0.25, 0.3) is 10.9 Å². The number of hydrogen-bond acceptors (Lipinski definition) is 3. The van der Waals surface area contributed by atoms with Gasteiger partial charge in [0.15, 0.2) is 6.61 Å². The Morgan fingerprint density at radius 2 is 2.12 bits per heavy atom. The van der Waals surface area contributed by atoms with Gasteiger partial charge in [-0.3, -0.25) is 9.48 Å². The van der Waals surface area contributed by atoms with Crippen LogP contribution in [0.4, 0.5) is 0 Å². The molecule has 1 aromatic carbocycles. The summed E-state index contributed by atoms with van der Waals surface area (Å²) in [5.74, 6) is 0.594. The Morgan fingerprint density at radius 3 is 2.88 bits per heavy atom. The zero-order valence-corrected chi connectivity index (χ0v) is 14.0. The van der Waals surface area contributed by atoms with Crippen molar-refractivity contribution in [1.82, 2.24) is 19.7 Å². The monoisotopic (exact) mass is 326 g/mol. The van der Waals surface area contributed by atoms with Gasteiger partial charge in [0.2, 0.25) is 0 Å². The molecule has 3 aromatic rings. The number of carbonyl (C=O) groups excluding carboxylic acids is 1. The summed E-state index contributed by atoms with van der Waals surface area (Å²) < 4.78 is 9.68. The molecule has 0 aliphatic carbocycles. The topological polar surface area (TPSA) is 61.1 Å². The Hall–Kier alpha value is -2.76. The molecule has 1 N–H and O–H groups in total. The summed E-state index contributed by atoms with van der Waals surface area (Å²) in [6.45, 7) is 5.45. The first-order chi connectivity index (χ1) is 11.6. The first-order valence-corrected chi connectivity index (χ1v) is 8.11. The van der Waals surface area contributed by atoms with Crippen LogP contribution in [0.3, 0.4) is 0 Å². The predicted molar refractivity (Wildman–Crippen MR) is 93.1 cm³/mol. The summed E-state index contributed by atoms with van der Waals surface area (Å²) in [5, 5.41) is 7.95. The highest BCUT2D eigenvalue weighted by molar-refractivity contribution is 5.87. The Morgan fingerprint density at radius 1 is 1.25 bits per heavy atom. The van der Waals surface area contributed by atoms with Crippen LogP contribution in [0.1, 0.15) is 19.9 Å². The summed E-state index contributed by atoms with van der Waals surface area (Å²) in [6, 6.07) is 10.2. The second-order valence-electron chi connectivity index (χ2n) is 5.91. The zero-order chi connectivity index (χ0) is 16.9. The van der Waals surface area contributed by atoms with Crippen molar-refractivity contribution >= 4 is 16.8 Å². The molecular weight excluding hydrogens is 304 g/mol. The maximum absolute atomic E-state index is 11.9. The number of carbonyl (C=O) groups is 1. The second-order valence-corrected chi connectivity index (χ2v) is 5.91. The van der Waals surface area contributed by atoms with E-state index < -0.39 is 0 Å². The van der Waals surface area contributed by atoms with Crippen LogP contribution >= 0.6 is 0 Å². The third-order valence-corrected chi connectivity index (χ3v) is 3.86. The highest BCUT2D eigenvalue weighted by Crippen LogP contribution is 2.28. The third kappa shape index (κ3) is 3.59. The predicted octanol–water partition coefficient (Wildman–Crippen LogP) is 2.61. The fourth-order valence-electron chi connectivity index (χ4n) is 2.67. The SMILES string of the molecule is CC(C)n1ccc2c(OCC(=O)NCCn3cccn3)cccc21. The van der Waals surface area contributed by atoms with Gasteiger partial charge in [0.25, 0.3) is 5.91 Å². The Balaban J connectivity index is 1.56. The molecule has 0 atom stereocenters. The van der Waals surface area contributed by atoms with E-state index in [1.807, 2.05) is 36.7 Å². The minimum Gasteiger partial charge on any atom is -0.483 e. The first kappa shape index (κ1) is 16.1. The van der Waals surface area contributed by atoms with Gasteiger partial charge in [-0.05, 0) is 38.1 Å². The number of amides is 1. The highest BCUT2D eigenvalue weighted by atomic mass is 16.5. The van der Waals surface area contributed by atoms with E-state index in [-0.39, 0.29) is 12.5 Å². The van der Waals surface area contributed by atoms with Crippen molar-refractivity contribution in [2.75, 3.05) is 13.2 Å². The number of nitrogens with one attached hydrogen (secondary N) is 1. The van der Waals surface area contributed by atoms with Crippen LogP contribution in [0.15, 0.2) is 48.9 Å². The molecule has 2 aromatic heterocycles. The smallest absolute Gasteiger partial charge is 0.258 e. The van der Waals surface area contributed by atoms with Gasteiger partial charge in [-0.15, -0.1) is 0 Å². The number of ether oxygens (including phenoxy) is 1. The molecule has 1 amide bonds. The average molecular weight is 326 g/mol. The van der Waals surface area contributed by atoms with Gasteiger partial charge in [-0.25, -0.2) is 0 Å². The molecule has 0 saturated carbocycles. The van der Waals surface area contributed by atoms with E-state index in [0.717, 1.165) is 16.7 Å². The molecule has 0 bridgehead atoms. The van der Waals surface area contributed by atoms with Crippen LogP contribution in [0.2, 0.25) is 0 Å². The van der Waals surface area contributed by atoms with E-state index in [4.69, 9.17) is 4.74 Å². The van der Waals surface area contributed by atoms with Crippen molar-refractivity contribution in [2.24, 2.45) is 0 Å². The first-order valence-electron chi connectivity index (χ1n) is 8.11. The van der Waals surface area contributed by atoms with Gasteiger partial charge in [0.05, 0.1) is 12.1 Å². The van der Waals surface area contributed by atoms with Crippen molar-refractivity contribution < 1.29 is 9.53 Å². The summed E-state index contributed by atoms with van der Waals surface area (Å²) >= 11 is 0. The second kappa shape index (κ2) is 7.21. The van der Waals surface area contributed by atoms with Gasteiger partial charge >= 0.3 is 0 Å². The molecule has 24 heavy (non-hydrogen) atoms. The van der Waals surface area contributed by atoms with Crippen LogP contribution < -0.4 is 10.1 Å². The van der Waals surface area contributed by atoms with Crippen LogP contribution in [0, 0.1) is 0 Å². The Kier molecular flexibility index (Phi) is 4.84. The number of rotatable bonds is 7. The van der Waals surface area contributed by atoms with Gasteiger partial charge in [0, 0.05) is 36.6 Å². The lowest BCUT2D eigenvalue weighted by Gasteiger charge is -2.11. The van der Waals surface area contributed by atoms with E-state index in [1.54, 1.807) is 10.9 Å². The maximum Gasteiger partial charge on any atom is 0.258 e. The van der Waals surface area contributed by atoms with E-state index in [0.29, 0.717) is 19.1 Å². The molecule has 0 saturated heterocycles. The van der Waals surface area contributed by atoms with E-state index in [1.165, 1.54) is 0 Å². The van der Waals surface area contributed by atoms with E-state index in [9.17, 15) is 4.79 Å². The number of hydrogen-bond donors (Lipinski definition) is 1. The van der Waals surface area contributed by atoms with Crippen molar-refractivity contribution in [1.29, 1.82) is 0 Å². The van der Waals surface area contributed by atoms with Crippen molar-refractivity contribution in [3.05, 3.63) is 48.9 Å². The summed E-state index contributed by atoms with van der Waals surface area (Å²) in [7, 11) is 0. The van der Waals surface area contributed by atoms with Crippen molar-refractivity contribution in [3.8, 4) is 5.75 Å². The summed E-state index contributed by atoms with van der Waals surface area (Å²) in [6.07, 6.45) is 5.63. The molecule has 0 aliphatic rings. The molecule has 126 valence electrons. The van der Waals surface area contributed by atoms with Gasteiger partial charge in [0.1, 0.15) is 5.75 Å². The lowest BCUT2D eigenvalue weighted by Crippen LogP contribution is -2.31. The zero-order valence-electron chi connectivity index (χ0n) is 14.0. The van der Waals surface area contributed by atoms with Gasteiger partial charge in [-0.1, -0.05) is 6.07 Å². The quantitative estimate of drug-likeness (QED) is 0.726. The minimum absolute atomic E-state index is 0.00504. The van der Waals surface area contributed by atoms with Crippen LogP contribution in [0.5, 0.6) is 5.75 Å². The molecule has 0 fully saturated rings. The molecule has 0 aliphatic heterocycles. The number of benzene rings is 1. The minimum atomic E-state index is -0.137. The molecular formula is C18H22N4O2. The molecule has 0 radical (unpaired) electrons. The normalized spacial score (nSPS) is 11.1. The molecule has 0 spiro atoms. The van der Waals surface area contributed by atoms with Gasteiger partial charge in [-0.2, -0.15) is 5.10 Å².